The fourth-order valence-corrected chi connectivity index (χ4v) is 3.01. The van der Waals surface area contributed by atoms with Crippen LogP contribution in [0.1, 0.15) is 0 Å². The van der Waals surface area contributed by atoms with Crippen LogP contribution < -0.4 is 4.74 Å². The molecular formula is C11H8N4OS2. The van der Waals surface area contributed by atoms with Crippen LogP contribution in [0.15, 0.2) is 29.9 Å². The fraction of sp³-hybridized carbons (Fsp3) is 0.0909. The Bertz CT molecular complexity index is 650. The van der Waals surface area contributed by atoms with E-state index >= 15 is 0 Å². The maximum atomic E-state index is 5.18. The number of pyridine rings is 1. The van der Waals surface area contributed by atoms with Gasteiger partial charge in [-0.05, 0) is 23.7 Å². The Morgan fingerprint density at radius 2 is 2.11 bits per heavy atom. The minimum absolute atomic E-state index is 0.592. The largest absolute Gasteiger partial charge is 0.480 e. The smallest absolute Gasteiger partial charge is 0.235 e. The van der Waals surface area contributed by atoms with E-state index in [-0.39, 0.29) is 0 Å². The molecule has 0 radical (unpaired) electrons. The first-order valence-corrected chi connectivity index (χ1v) is 6.76. The molecule has 90 valence electrons. The van der Waals surface area contributed by atoms with Gasteiger partial charge in [-0.2, -0.15) is 4.37 Å². The Hall–Kier alpha value is -1.86. The van der Waals surface area contributed by atoms with Gasteiger partial charge in [0.1, 0.15) is 5.01 Å². The summed E-state index contributed by atoms with van der Waals surface area (Å²) in [6.07, 6.45) is 3.50. The summed E-state index contributed by atoms with van der Waals surface area (Å²) < 4.78 is 9.32. The molecule has 0 saturated heterocycles. The average molecular weight is 276 g/mol. The second-order valence-corrected chi connectivity index (χ2v) is 5.00. The first-order chi connectivity index (χ1) is 8.88. The predicted molar refractivity (Wildman–Crippen MR) is 70.8 cm³/mol. The summed E-state index contributed by atoms with van der Waals surface area (Å²) in [5, 5.41) is 11.9. The van der Waals surface area contributed by atoms with Gasteiger partial charge in [0.25, 0.3) is 0 Å². The summed E-state index contributed by atoms with van der Waals surface area (Å²) in [4.78, 5) is 4.07. The fourth-order valence-electron chi connectivity index (χ4n) is 1.45. The van der Waals surface area contributed by atoms with E-state index in [1.807, 2.05) is 17.5 Å². The van der Waals surface area contributed by atoms with Crippen LogP contribution >= 0.6 is 22.9 Å². The van der Waals surface area contributed by atoms with Gasteiger partial charge in [0.2, 0.25) is 5.88 Å². The summed E-state index contributed by atoms with van der Waals surface area (Å²) in [6.45, 7) is 0. The van der Waals surface area contributed by atoms with Crippen LogP contribution in [0.25, 0.3) is 21.1 Å². The van der Waals surface area contributed by atoms with Crippen molar-refractivity contribution in [1.82, 2.24) is 19.6 Å². The lowest BCUT2D eigenvalue weighted by atomic mass is 10.3. The van der Waals surface area contributed by atoms with Gasteiger partial charge in [0.05, 0.1) is 12.7 Å². The van der Waals surface area contributed by atoms with Gasteiger partial charge in [-0.1, -0.05) is 11.3 Å². The van der Waals surface area contributed by atoms with E-state index in [9.17, 15) is 0 Å². The molecular weight excluding hydrogens is 268 g/mol. The third kappa shape index (κ3) is 1.98. The lowest BCUT2D eigenvalue weighted by Gasteiger charge is -1.95. The molecule has 3 aromatic rings. The summed E-state index contributed by atoms with van der Waals surface area (Å²) in [5.41, 5.74) is 1.85. The van der Waals surface area contributed by atoms with Crippen molar-refractivity contribution in [2.45, 2.75) is 0 Å². The van der Waals surface area contributed by atoms with E-state index in [1.54, 1.807) is 19.5 Å². The number of ether oxygens (including phenoxy) is 1. The van der Waals surface area contributed by atoms with Gasteiger partial charge < -0.3 is 4.74 Å². The third-order valence-electron chi connectivity index (χ3n) is 2.29. The minimum atomic E-state index is 0.592. The molecule has 0 bridgehead atoms. The van der Waals surface area contributed by atoms with Crippen molar-refractivity contribution in [2.75, 3.05) is 7.11 Å². The SMILES string of the molecule is COc1nscc1-c1nnc(-c2cccnc2)s1. The van der Waals surface area contributed by atoms with Crippen molar-refractivity contribution in [3.05, 3.63) is 29.9 Å². The number of aromatic nitrogens is 4. The summed E-state index contributed by atoms with van der Waals surface area (Å²) in [6, 6.07) is 3.84. The van der Waals surface area contributed by atoms with Crippen LogP contribution in [-0.4, -0.2) is 26.7 Å². The molecule has 0 aromatic carbocycles. The highest BCUT2D eigenvalue weighted by Crippen LogP contribution is 2.35. The molecule has 0 aliphatic rings. The van der Waals surface area contributed by atoms with Crippen molar-refractivity contribution in [2.24, 2.45) is 0 Å². The molecule has 0 unspecified atom stereocenters. The Morgan fingerprint density at radius 1 is 1.22 bits per heavy atom. The summed E-state index contributed by atoms with van der Waals surface area (Å²) in [7, 11) is 1.60. The zero-order valence-corrected chi connectivity index (χ0v) is 11.0. The molecule has 0 N–H and O–H groups in total. The average Bonchev–Trinajstić information content (AvgIpc) is 3.08. The molecule has 0 amide bonds. The third-order valence-corrected chi connectivity index (χ3v) is 3.91. The van der Waals surface area contributed by atoms with E-state index in [4.69, 9.17) is 4.74 Å². The molecule has 0 aliphatic heterocycles. The first kappa shape index (κ1) is 11.2. The quantitative estimate of drug-likeness (QED) is 0.736. The Balaban J connectivity index is 2.00. The van der Waals surface area contributed by atoms with Crippen LogP contribution in [0, 0.1) is 0 Å². The Labute approximate surface area is 111 Å². The van der Waals surface area contributed by atoms with Crippen molar-refractivity contribution < 1.29 is 4.74 Å². The van der Waals surface area contributed by atoms with Crippen LogP contribution in [0.2, 0.25) is 0 Å². The van der Waals surface area contributed by atoms with Crippen LogP contribution in [0.5, 0.6) is 5.88 Å². The van der Waals surface area contributed by atoms with E-state index in [0.29, 0.717) is 5.88 Å². The molecule has 3 heterocycles. The van der Waals surface area contributed by atoms with E-state index in [1.165, 1.54) is 22.9 Å². The number of hydrogen-bond acceptors (Lipinski definition) is 7. The molecule has 0 atom stereocenters. The molecule has 3 rings (SSSR count). The number of nitrogens with zero attached hydrogens (tertiary/aromatic N) is 4. The van der Waals surface area contributed by atoms with Crippen LogP contribution in [0.4, 0.5) is 0 Å². The van der Waals surface area contributed by atoms with Crippen LogP contribution in [0.3, 0.4) is 0 Å². The lowest BCUT2D eigenvalue weighted by Crippen LogP contribution is -1.84. The van der Waals surface area contributed by atoms with Gasteiger partial charge in [0.15, 0.2) is 5.01 Å². The number of hydrogen-bond donors (Lipinski definition) is 0. The monoisotopic (exact) mass is 276 g/mol. The zero-order valence-electron chi connectivity index (χ0n) is 9.40. The molecule has 3 aromatic heterocycles. The zero-order chi connectivity index (χ0) is 12.4. The molecule has 0 spiro atoms. The minimum Gasteiger partial charge on any atom is -0.480 e. The van der Waals surface area contributed by atoms with Crippen LogP contribution in [-0.2, 0) is 0 Å². The topological polar surface area (TPSA) is 60.8 Å². The maximum absolute atomic E-state index is 5.18. The molecule has 7 heteroatoms. The maximum Gasteiger partial charge on any atom is 0.235 e. The first-order valence-electron chi connectivity index (χ1n) is 5.11. The van der Waals surface area contributed by atoms with Crippen molar-refractivity contribution in [3.63, 3.8) is 0 Å². The van der Waals surface area contributed by atoms with Crippen molar-refractivity contribution in [3.8, 4) is 27.0 Å². The number of rotatable bonds is 3. The molecule has 0 saturated carbocycles. The van der Waals surface area contributed by atoms with Gasteiger partial charge in [-0.3, -0.25) is 4.98 Å². The van der Waals surface area contributed by atoms with Crippen molar-refractivity contribution in [1.29, 1.82) is 0 Å². The Kier molecular flexibility index (Phi) is 2.99. The van der Waals surface area contributed by atoms with Gasteiger partial charge in [0, 0.05) is 23.3 Å². The van der Waals surface area contributed by atoms with E-state index in [2.05, 4.69) is 19.6 Å². The molecule has 0 aliphatic carbocycles. The number of methoxy groups -OCH3 is 1. The highest BCUT2D eigenvalue weighted by atomic mass is 32.1. The van der Waals surface area contributed by atoms with Gasteiger partial charge in [-0.15, -0.1) is 10.2 Å². The predicted octanol–water partition coefficient (Wildman–Crippen LogP) is 2.73. The van der Waals surface area contributed by atoms with Gasteiger partial charge >= 0.3 is 0 Å². The molecule has 0 fully saturated rings. The van der Waals surface area contributed by atoms with Gasteiger partial charge in [-0.25, -0.2) is 0 Å². The molecule has 5 nitrogen and oxygen atoms in total. The summed E-state index contributed by atoms with van der Waals surface area (Å²) in [5.74, 6) is 0.592. The standard InChI is InChI=1S/C11H8N4OS2/c1-16-9-8(6-17-15-9)11-14-13-10(18-11)7-3-2-4-12-5-7/h2-6H,1H3. The summed E-state index contributed by atoms with van der Waals surface area (Å²) >= 11 is 2.84. The normalized spacial score (nSPS) is 10.5. The highest BCUT2D eigenvalue weighted by Gasteiger charge is 2.14. The lowest BCUT2D eigenvalue weighted by molar-refractivity contribution is 0.404. The second kappa shape index (κ2) is 4.79. The van der Waals surface area contributed by atoms with E-state index in [0.717, 1.165) is 21.1 Å². The van der Waals surface area contributed by atoms with Crippen molar-refractivity contribution >= 4 is 22.9 Å². The second-order valence-electron chi connectivity index (χ2n) is 3.39. The molecule has 18 heavy (non-hydrogen) atoms. The Morgan fingerprint density at radius 3 is 2.89 bits per heavy atom. The van der Waals surface area contributed by atoms with E-state index < -0.39 is 0 Å². The highest BCUT2D eigenvalue weighted by molar-refractivity contribution is 7.18.